The van der Waals surface area contributed by atoms with Crippen LogP contribution < -0.4 is 16.1 Å². The lowest BCUT2D eigenvalue weighted by molar-refractivity contribution is -0.119. The van der Waals surface area contributed by atoms with Crippen molar-refractivity contribution < 1.29 is 18.7 Å². The van der Waals surface area contributed by atoms with Crippen molar-refractivity contribution in [2.75, 3.05) is 24.8 Å². The van der Waals surface area contributed by atoms with E-state index in [1.54, 1.807) is 0 Å². The zero-order valence-corrected chi connectivity index (χ0v) is 15.1. The van der Waals surface area contributed by atoms with Crippen molar-refractivity contribution in [1.82, 2.24) is 5.32 Å². The number of benzene rings is 1. The number of amides is 2. The standard InChI is InChI=1S/C18H25FN4O3/c1-12(2)11-26-9-3-8-21-18(25)15-10-16(17(20)24)23(22-15)14-6-4-13(19)5-7-14/h4-7,12,16H,3,8-11H2,1-2H3,(H2,20,24)(H,21,25). The van der Waals surface area contributed by atoms with E-state index in [0.29, 0.717) is 37.8 Å². The van der Waals surface area contributed by atoms with E-state index in [4.69, 9.17) is 10.5 Å². The number of nitrogens with one attached hydrogen (secondary N) is 1. The van der Waals surface area contributed by atoms with Crippen molar-refractivity contribution in [3.05, 3.63) is 30.1 Å². The third-order valence-corrected chi connectivity index (χ3v) is 3.79. The third kappa shape index (κ3) is 5.52. The molecule has 0 aliphatic carbocycles. The zero-order valence-electron chi connectivity index (χ0n) is 15.1. The van der Waals surface area contributed by atoms with Crippen molar-refractivity contribution in [3.63, 3.8) is 0 Å². The molecule has 142 valence electrons. The Labute approximate surface area is 152 Å². The molecule has 26 heavy (non-hydrogen) atoms. The number of nitrogens with zero attached hydrogens (tertiary/aromatic N) is 2. The molecule has 2 amide bonds. The van der Waals surface area contributed by atoms with Crippen LogP contribution in [0.3, 0.4) is 0 Å². The summed E-state index contributed by atoms with van der Waals surface area (Å²) in [6.07, 6.45) is 0.801. The summed E-state index contributed by atoms with van der Waals surface area (Å²) in [6, 6.07) is 4.73. The first kappa shape index (κ1) is 19.8. The number of rotatable bonds is 9. The van der Waals surface area contributed by atoms with Gasteiger partial charge in [0.1, 0.15) is 17.6 Å². The fourth-order valence-electron chi connectivity index (χ4n) is 2.50. The summed E-state index contributed by atoms with van der Waals surface area (Å²) in [4.78, 5) is 24.0. The molecule has 0 fully saturated rings. The van der Waals surface area contributed by atoms with Gasteiger partial charge < -0.3 is 15.8 Å². The van der Waals surface area contributed by atoms with E-state index in [1.165, 1.54) is 29.3 Å². The molecule has 1 heterocycles. The second-order valence-electron chi connectivity index (χ2n) is 6.57. The number of hydrazone groups is 1. The molecule has 0 bridgehead atoms. The molecule has 1 atom stereocenters. The van der Waals surface area contributed by atoms with E-state index in [1.807, 2.05) is 0 Å². The fourth-order valence-corrected chi connectivity index (χ4v) is 2.50. The highest BCUT2D eigenvalue weighted by atomic mass is 19.1. The summed E-state index contributed by atoms with van der Waals surface area (Å²) in [5, 5.41) is 8.34. The van der Waals surface area contributed by atoms with Crippen LogP contribution in [0.15, 0.2) is 29.4 Å². The monoisotopic (exact) mass is 364 g/mol. The van der Waals surface area contributed by atoms with Gasteiger partial charge in [-0.3, -0.25) is 14.6 Å². The summed E-state index contributed by atoms with van der Waals surface area (Å²) < 4.78 is 18.5. The van der Waals surface area contributed by atoms with Crippen molar-refractivity contribution in [2.24, 2.45) is 16.8 Å². The number of halogens is 1. The van der Waals surface area contributed by atoms with Crippen LogP contribution in [-0.2, 0) is 14.3 Å². The van der Waals surface area contributed by atoms with Gasteiger partial charge >= 0.3 is 0 Å². The van der Waals surface area contributed by atoms with E-state index in [2.05, 4.69) is 24.3 Å². The van der Waals surface area contributed by atoms with E-state index in [0.717, 1.165) is 0 Å². The molecule has 3 N–H and O–H groups in total. The normalized spacial score (nSPS) is 16.7. The maximum atomic E-state index is 13.1. The number of hydrogen-bond donors (Lipinski definition) is 2. The number of anilines is 1. The summed E-state index contributed by atoms with van der Waals surface area (Å²) >= 11 is 0. The Balaban J connectivity index is 1.91. The SMILES string of the molecule is CC(C)COCCCNC(=O)C1=NN(c2ccc(F)cc2)C(C(N)=O)C1. The van der Waals surface area contributed by atoms with Gasteiger partial charge in [-0.25, -0.2) is 4.39 Å². The molecule has 0 saturated heterocycles. The number of primary amides is 1. The van der Waals surface area contributed by atoms with Gasteiger partial charge in [0.05, 0.1) is 5.69 Å². The molecule has 0 radical (unpaired) electrons. The Morgan fingerprint density at radius 1 is 1.38 bits per heavy atom. The Bertz CT molecular complexity index is 661. The molecule has 0 spiro atoms. The van der Waals surface area contributed by atoms with Crippen molar-refractivity contribution >= 4 is 23.2 Å². The van der Waals surface area contributed by atoms with Gasteiger partial charge in [-0.1, -0.05) is 13.8 Å². The molecule has 0 aromatic heterocycles. The van der Waals surface area contributed by atoms with Gasteiger partial charge in [0.2, 0.25) is 5.91 Å². The first-order valence-electron chi connectivity index (χ1n) is 8.66. The number of carbonyl (C=O) groups excluding carboxylic acids is 2. The first-order chi connectivity index (χ1) is 12.4. The molecule has 0 saturated carbocycles. The summed E-state index contributed by atoms with van der Waals surface area (Å²) in [5.74, 6) is -0.863. The zero-order chi connectivity index (χ0) is 19.1. The Kier molecular flexibility index (Phi) is 7.08. The quantitative estimate of drug-likeness (QED) is 0.648. The average Bonchev–Trinajstić information content (AvgIpc) is 3.04. The third-order valence-electron chi connectivity index (χ3n) is 3.79. The smallest absolute Gasteiger partial charge is 0.267 e. The van der Waals surface area contributed by atoms with E-state index < -0.39 is 17.8 Å². The van der Waals surface area contributed by atoms with Gasteiger partial charge in [-0.15, -0.1) is 0 Å². The average molecular weight is 364 g/mol. The fraction of sp³-hybridized carbons (Fsp3) is 0.500. The van der Waals surface area contributed by atoms with Crippen molar-refractivity contribution in [1.29, 1.82) is 0 Å². The maximum Gasteiger partial charge on any atom is 0.267 e. The van der Waals surface area contributed by atoms with Gasteiger partial charge in [0.15, 0.2) is 0 Å². The van der Waals surface area contributed by atoms with Crippen molar-refractivity contribution in [3.8, 4) is 0 Å². The topological polar surface area (TPSA) is 97.0 Å². The predicted octanol–water partition coefficient (Wildman–Crippen LogP) is 1.42. The van der Waals surface area contributed by atoms with Gasteiger partial charge in [-0.2, -0.15) is 5.10 Å². The lowest BCUT2D eigenvalue weighted by atomic mass is 10.1. The van der Waals surface area contributed by atoms with E-state index in [9.17, 15) is 14.0 Å². The van der Waals surface area contributed by atoms with Crippen LogP contribution in [0.25, 0.3) is 0 Å². The highest BCUT2D eigenvalue weighted by molar-refractivity contribution is 6.40. The second-order valence-corrected chi connectivity index (χ2v) is 6.57. The van der Waals surface area contributed by atoms with Crippen LogP contribution >= 0.6 is 0 Å². The van der Waals surface area contributed by atoms with Crippen LogP contribution in [-0.4, -0.2) is 43.3 Å². The minimum atomic E-state index is -0.768. The molecular formula is C18H25FN4O3. The van der Waals surface area contributed by atoms with Crippen LogP contribution in [0.2, 0.25) is 0 Å². The van der Waals surface area contributed by atoms with Crippen LogP contribution in [0, 0.1) is 11.7 Å². The van der Waals surface area contributed by atoms with Gasteiger partial charge in [0, 0.05) is 26.2 Å². The number of hydrogen-bond acceptors (Lipinski definition) is 5. The Morgan fingerprint density at radius 2 is 2.08 bits per heavy atom. The molecule has 7 nitrogen and oxygen atoms in total. The molecule has 2 rings (SSSR count). The Hall–Kier alpha value is -2.48. The minimum Gasteiger partial charge on any atom is -0.381 e. The molecule has 1 aliphatic rings. The summed E-state index contributed by atoms with van der Waals surface area (Å²) in [5.41, 5.74) is 6.14. The van der Waals surface area contributed by atoms with Gasteiger partial charge in [0.25, 0.3) is 5.91 Å². The number of nitrogens with two attached hydrogens (primary N) is 1. The highest BCUT2D eigenvalue weighted by Crippen LogP contribution is 2.24. The van der Waals surface area contributed by atoms with Crippen LogP contribution in [0.5, 0.6) is 0 Å². The van der Waals surface area contributed by atoms with Gasteiger partial charge in [-0.05, 0) is 36.6 Å². The predicted molar refractivity (Wildman–Crippen MR) is 97.2 cm³/mol. The van der Waals surface area contributed by atoms with E-state index >= 15 is 0 Å². The molecule has 8 heteroatoms. The molecule has 1 aliphatic heterocycles. The molecule has 1 unspecified atom stereocenters. The lowest BCUT2D eigenvalue weighted by Crippen LogP contribution is -2.40. The number of ether oxygens (including phenoxy) is 1. The minimum absolute atomic E-state index is 0.113. The summed E-state index contributed by atoms with van der Waals surface area (Å²) in [6.45, 7) is 5.85. The summed E-state index contributed by atoms with van der Waals surface area (Å²) in [7, 11) is 0. The lowest BCUT2D eigenvalue weighted by Gasteiger charge is -2.20. The Morgan fingerprint density at radius 3 is 2.69 bits per heavy atom. The largest absolute Gasteiger partial charge is 0.381 e. The second kappa shape index (κ2) is 9.28. The number of carbonyl (C=O) groups is 2. The first-order valence-corrected chi connectivity index (χ1v) is 8.66. The maximum absolute atomic E-state index is 13.1. The highest BCUT2D eigenvalue weighted by Gasteiger charge is 2.34. The molecule has 1 aromatic rings. The van der Waals surface area contributed by atoms with Crippen LogP contribution in [0.4, 0.5) is 10.1 Å². The van der Waals surface area contributed by atoms with Crippen molar-refractivity contribution in [2.45, 2.75) is 32.7 Å². The van der Waals surface area contributed by atoms with E-state index in [-0.39, 0.29) is 18.0 Å². The molecular weight excluding hydrogens is 339 g/mol. The molecule has 1 aromatic carbocycles. The van der Waals surface area contributed by atoms with Crippen LogP contribution in [0.1, 0.15) is 26.7 Å².